The van der Waals surface area contributed by atoms with Crippen LogP contribution in [0.2, 0.25) is 0 Å². The minimum atomic E-state index is -0.192. The number of nitrogens with one attached hydrogen (secondary N) is 2. The van der Waals surface area contributed by atoms with E-state index in [9.17, 15) is 4.39 Å². The van der Waals surface area contributed by atoms with Crippen molar-refractivity contribution in [1.82, 2.24) is 5.32 Å². The van der Waals surface area contributed by atoms with Crippen LogP contribution in [0.5, 0.6) is 0 Å². The predicted octanol–water partition coefficient (Wildman–Crippen LogP) is 4.25. The quantitative estimate of drug-likeness (QED) is 0.797. The summed E-state index contributed by atoms with van der Waals surface area (Å²) >= 11 is 5.47. The summed E-state index contributed by atoms with van der Waals surface area (Å²) in [5.41, 5.74) is 1.38. The largest absolute Gasteiger partial charge is 0.359 e. The molecule has 4 heteroatoms. The molecule has 1 aromatic carbocycles. The van der Waals surface area contributed by atoms with E-state index in [1.54, 1.807) is 13.0 Å². The second-order valence-electron chi connectivity index (χ2n) is 7.52. The zero-order valence-electron chi connectivity index (χ0n) is 12.9. The molecular formula is C18H23FN2S. The molecule has 0 amide bonds. The van der Waals surface area contributed by atoms with Gasteiger partial charge in [0.25, 0.3) is 0 Å². The first-order valence-corrected chi connectivity index (χ1v) is 8.83. The molecule has 4 aliphatic rings. The van der Waals surface area contributed by atoms with Crippen LogP contribution in [-0.4, -0.2) is 11.2 Å². The van der Waals surface area contributed by atoms with Crippen molar-refractivity contribution in [3.63, 3.8) is 0 Å². The Morgan fingerprint density at radius 2 is 1.73 bits per heavy atom. The van der Waals surface area contributed by atoms with E-state index in [4.69, 9.17) is 12.2 Å². The van der Waals surface area contributed by atoms with Gasteiger partial charge in [0.1, 0.15) is 5.82 Å². The van der Waals surface area contributed by atoms with Crippen LogP contribution in [0.1, 0.15) is 37.7 Å². The molecule has 4 fully saturated rings. The molecule has 4 bridgehead atoms. The van der Waals surface area contributed by atoms with Crippen LogP contribution in [0.3, 0.4) is 0 Å². The van der Waals surface area contributed by atoms with Gasteiger partial charge < -0.3 is 10.6 Å². The smallest absolute Gasteiger partial charge is 0.171 e. The summed E-state index contributed by atoms with van der Waals surface area (Å²) in [6.07, 6.45) is 6.93. The summed E-state index contributed by atoms with van der Waals surface area (Å²) in [6, 6.07) is 5.69. The van der Waals surface area contributed by atoms with Crippen LogP contribution in [0.4, 0.5) is 10.1 Å². The first kappa shape index (κ1) is 14.4. The Labute approximate surface area is 136 Å². The number of hydrogen-bond acceptors (Lipinski definition) is 1. The summed E-state index contributed by atoms with van der Waals surface area (Å²) in [6.45, 7) is 1.77. The summed E-state index contributed by atoms with van der Waals surface area (Å²) in [4.78, 5) is 0. The lowest BCUT2D eigenvalue weighted by Crippen LogP contribution is -2.56. The van der Waals surface area contributed by atoms with Gasteiger partial charge in [-0.15, -0.1) is 0 Å². The Kier molecular flexibility index (Phi) is 3.60. The lowest BCUT2D eigenvalue weighted by molar-refractivity contribution is -0.00665. The van der Waals surface area contributed by atoms with Crippen LogP contribution in [0, 0.1) is 36.4 Å². The van der Waals surface area contributed by atoms with Crippen LogP contribution in [-0.2, 0) is 0 Å². The Morgan fingerprint density at radius 1 is 1.09 bits per heavy atom. The van der Waals surface area contributed by atoms with E-state index in [0.29, 0.717) is 16.7 Å². The van der Waals surface area contributed by atoms with Gasteiger partial charge in [0, 0.05) is 11.7 Å². The van der Waals surface area contributed by atoms with Gasteiger partial charge in [0.2, 0.25) is 0 Å². The molecule has 0 radical (unpaired) electrons. The summed E-state index contributed by atoms with van der Waals surface area (Å²) < 4.78 is 13.6. The first-order valence-electron chi connectivity index (χ1n) is 8.42. The number of thiocarbonyl (C=S) groups is 1. The van der Waals surface area contributed by atoms with E-state index in [2.05, 4.69) is 10.6 Å². The fraction of sp³-hybridized carbons (Fsp3) is 0.611. The van der Waals surface area contributed by atoms with E-state index >= 15 is 0 Å². The Bertz CT molecular complexity index is 573. The van der Waals surface area contributed by atoms with Gasteiger partial charge in [-0.25, -0.2) is 4.39 Å². The highest BCUT2D eigenvalue weighted by atomic mass is 32.1. The molecule has 22 heavy (non-hydrogen) atoms. The zero-order valence-corrected chi connectivity index (χ0v) is 13.8. The minimum absolute atomic E-state index is 0.192. The SMILES string of the molecule is Cc1ccc(NC(=S)NC2C3CC4CC(C3)CC2C4)cc1F. The van der Waals surface area contributed by atoms with Crippen molar-refractivity contribution in [3.8, 4) is 0 Å². The molecule has 0 spiro atoms. The summed E-state index contributed by atoms with van der Waals surface area (Å²) in [5, 5.41) is 7.33. The van der Waals surface area contributed by atoms with Crippen molar-refractivity contribution in [2.75, 3.05) is 5.32 Å². The van der Waals surface area contributed by atoms with Crippen LogP contribution in [0.25, 0.3) is 0 Å². The molecule has 0 heterocycles. The molecule has 118 valence electrons. The van der Waals surface area contributed by atoms with Crippen molar-refractivity contribution in [1.29, 1.82) is 0 Å². The second kappa shape index (κ2) is 5.48. The molecule has 0 aliphatic heterocycles. The van der Waals surface area contributed by atoms with E-state index in [0.717, 1.165) is 29.4 Å². The third-order valence-corrected chi connectivity index (χ3v) is 6.17. The van der Waals surface area contributed by atoms with E-state index in [-0.39, 0.29) is 5.82 Å². The molecule has 5 rings (SSSR count). The predicted molar refractivity (Wildman–Crippen MR) is 91.3 cm³/mol. The van der Waals surface area contributed by atoms with Gasteiger partial charge in [0.15, 0.2) is 5.11 Å². The maximum atomic E-state index is 13.6. The van der Waals surface area contributed by atoms with E-state index in [1.807, 2.05) is 6.07 Å². The normalized spacial score (nSPS) is 35.5. The van der Waals surface area contributed by atoms with Gasteiger partial charge in [0.05, 0.1) is 0 Å². The molecule has 0 unspecified atom stereocenters. The molecule has 2 N–H and O–H groups in total. The third-order valence-electron chi connectivity index (χ3n) is 5.95. The highest BCUT2D eigenvalue weighted by molar-refractivity contribution is 7.80. The number of hydrogen-bond donors (Lipinski definition) is 2. The van der Waals surface area contributed by atoms with Gasteiger partial charge in [-0.05, 0) is 92.6 Å². The first-order chi connectivity index (χ1) is 10.6. The molecule has 2 nitrogen and oxygen atoms in total. The maximum absolute atomic E-state index is 13.6. The van der Waals surface area contributed by atoms with Gasteiger partial charge >= 0.3 is 0 Å². The lowest BCUT2D eigenvalue weighted by atomic mass is 9.54. The molecule has 0 atom stereocenters. The topological polar surface area (TPSA) is 24.1 Å². The fourth-order valence-corrected chi connectivity index (χ4v) is 5.40. The van der Waals surface area contributed by atoms with Gasteiger partial charge in [-0.3, -0.25) is 0 Å². The lowest BCUT2D eigenvalue weighted by Gasteiger charge is -2.54. The molecule has 1 aromatic rings. The Balaban J connectivity index is 1.41. The number of halogens is 1. The maximum Gasteiger partial charge on any atom is 0.171 e. The second-order valence-corrected chi connectivity index (χ2v) is 7.93. The molecule has 4 aliphatic carbocycles. The van der Waals surface area contributed by atoms with Crippen LogP contribution >= 0.6 is 12.2 Å². The average molecular weight is 318 g/mol. The van der Waals surface area contributed by atoms with E-state index < -0.39 is 0 Å². The zero-order chi connectivity index (χ0) is 15.3. The van der Waals surface area contributed by atoms with E-state index in [1.165, 1.54) is 38.2 Å². The fourth-order valence-electron chi connectivity index (χ4n) is 5.15. The van der Waals surface area contributed by atoms with Crippen molar-refractivity contribution in [2.45, 2.75) is 45.1 Å². The standard InChI is InChI=1S/C18H23FN2S/c1-10-2-3-15(9-16(10)19)20-18(22)21-17-13-5-11-4-12(7-13)8-14(17)6-11/h2-3,9,11-14,17H,4-8H2,1H3,(H2,20,21,22). The summed E-state index contributed by atoms with van der Waals surface area (Å²) in [7, 11) is 0. The van der Waals surface area contributed by atoms with Crippen molar-refractivity contribution in [2.24, 2.45) is 23.7 Å². The van der Waals surface area contributed by atoms with Crippen LogP contribution < -0.4 is 10.6 Å². The molecule has 0 aromatic heterocycles. The van der Waals surface area contributed by atoms with Crippen molar-refractivity contribution >= 4 is 23.0 Å². The highest BCUT2D eigenvalue weighted by Crippen LogP contribution is 2.53. The number of aryl methyl sites for hydroxylation is 1. The van der Waals surface area contributed by atoms with Gasteiger partial charge in [-0.1, -0.05) is 6.07 Å². The Hall–Kier alpha value is -1.16. The minimum Gasteiger partial charge on any atom is -0.359 e. The summed E-state index contributed by atoms with van der Waals surface area (Å²) in [5.74, 6) is 3.31. The van der Waals surface area contributed by atoms with Gasteiger partial charge in [-0.2, -0.15) is 0 Å². The Morgan fingerprint density at radius 3 is 2.32 bits per heavy atom. The van der Waals surface area contributed by atoms with Crippen molar-refractivity contribution < 1.29 is 4.39 Å². The number of benzene rings is 1. The molecular weight excluding hydrogens is 295 g/mol. The van der Waals surface area contributed by atoms with Crippen molar-refractivity contribution in [3.05, 3.63) is 29.6 Å². The molecule has 0 saturated heterocycles. The highest BCUT2D eigenvalue weighted by Gasteiger charge is 2.48. The molecule has 4 saturated carbocycles. The average Bonchev–Trinajstić information content (AvgIpc) is 2.46. The number of rotatable bonds is 2. The third kappa shape index (κ3) is 2.62. The monoisotopic (exact) mass is 318 g/mol. The number of anilines is 1. The van der Waals surface area contributed by atoms with Crippen LogP contribution in [0.15, 0.2) is 18.2 Å².